The Balaban J connectivity index is 2.24. The van der Waals surface area contributed by atoms with Gasteiger partial charge in [-0.1, -0.05) is 207 Å². The summed E-state index contributed by atoms with van der Waals surface area (Å²) in [6, 6.07) is -1.10. The molecule has 4 N–H and O–H groups in total. The van der Waals surface area contributed by atoms with Crippen molar-refractivity contribution < 1.29 is 62.1 Å². The van der Waals surface area contributed by atoms with Gasteiger partial charge in [-0.2, -0.15) is 0 Å². The van der Waals surface area contributed by atoms with Crippen LogP contribution in [0.2, 0.25) is 0 Å². The molecule has 6 atom stereocenters. The molecular formula is C54H101N2O13P. The molecule has 0 aromatic carbocycles. The first-order chi connectivity index (χ1) is 34.4. The number of carbonyl (C=O) groups is 4. The maximum atomic E-state index is 14.5. The number of unbranched alkanes of at least 4 members (excludes halogenated alkanes) is 26. The van der Waals surface area contributed by atoms with Gasteiger partial charge in [0, 0.05) is 19.5 Å². The summed E-state index contributed by atoms with van der Waals surface area (Å²) in [6.45, 7) is 7.56. The summed E-state index contributed by atoms with van der Waals surface area (Å²) in [5, 5.41) is 13.7. The van der Waals surface area contributed by atoms with E-state index >= 15 is 0 Å². The zero-order chi connectivity index (χ0) is 51.8. The van der Waals surface area contributed by atoms with Gasteiger partial charge in [0.05, 0.1) is 50.7 Å². The van der Waals surface area contributed by atoms with E-state index in [4.69, 9.17) is 24.9 Å². The van der Waals surface area contributed by atoms with Crippen LogP contribution in [0.1, 0.15) is 245 Å². The van der Waals surface area contributed by atoms with E-state index in [1.54, 1.807) is 4.90 Å². The average Bonchev–Trinajstić information content (AvgIpc) is 3.36. The summed E-state index contributed by atoms with van der Waals surface area (Å²) < 4.78 is 49.0. The monoisotopic (exact) mass is 1020 g/mol. The number of amides is 2. The van der Waals surface area contributed by atoms with Gasteiger partial charge in [0.15, 0.2) is 6.10 Å². The minimum absolute atomic E-state index is 0.0956. The maximum Gasteiger partial charge on any atom is 0.470 e. The second-order valence-electron chi connectivity index (χ2n) is 20.3. The molecule has 70 heavy (non-hydrogen) atoms. The van der Waals surface area contributed by atoms with Crippen molar-refractivity contribution in [3.8, 4) is 0 Å². The van der Waals surface area contributed by atoms with Gasteiger partial charge >= 0.3 is 19.8 Å². The number of ether oxygens (including phenoxy) is 4. The van der Waals surface area contributed by atoms with Crippen molar-refractivity contribution in [3.63, 3.8) is 0 Å². The molecule has 16 heteroatoms. The third kappa shape index (κ3) is 32.1. The lowest BCUT2D eigenvalue weighted by Crippen LogP contribution is -2.62. The van der Waals surface area contributed by atoms with Crippen LogP contribution in [0.25, 0.3) is 0 Å². The minimum Gasteiger partial charge on any atom is -0.463 e. The van der Waals surface area contributed by atoms with E-state index in [1.165, 1.54) is 109 Å². The van der Waals surface area contributed by atoms with Crippen LogP contribution in [0.4, 0.5) is 0 Å². The highest BCUT2D eigenvalue weighted by Gasteiger charge is 2.48. The number of nitrogens with one attached hydrogen (secondary N) is 1. The summed E-state index contributed by atoms with van der Waals surface area (Å²) in [7, 11) is -5.12. The largest absolute Gasteiger partial charge is 0.470 e. The first kappa shape index (κ1) is 62.2. The summed E-state index contributed by atoms with van der Waals surface area (Å²) in [4.78, 5) is 70.1. The quantitative estimate of drug-likeness (QED) is 0.0255. The highest BCUT2D eigenvalue weighted by atomic mass is 31.2. The molecule has 0 aromatic heterocycles. The number of carbonyl (C=O) groups excluding carboxylic acids is 4. The minimum atomic E-state index is -5.12. The van der Waals surface area contributed by atoms with E-state index < -0.39 is 68.7 Å². The molecule has 0 aromatic rings. The molecule has 0 spiro atoms. The zero-order valence-electron chi connectivity index (χ0n) is 45.2. The van der Waals surface area contributed by atoms with Gasteiger partial charge in [0.1, 0.15) is 18.8 Å². The Bertz CT molecular complexity index is 1400. The van der Waals surface area contributed by atoms with Crippen molar-refractivity contribution >= 4 is 31.6 Å². The maximum absolute atomic E-state index is 14.5. The van der Waals surface area contributed by atoms with E-state index in [9.17, 15) is 33.7 Å². The van der Waals surface area contributed by atoms with Crippen LogP contribution >= 0.6 is 7.82 Å². The van der Waals surface area contributed by atoms with E-state index in [0.29, 0.717) is 45.6 Å². The molecule has 15 nitrogen and oxygen atoms in total. The van der Waals surface area contributed by atoms with Crippen LogP contribution in [-0.2, 0) is 47.2 Å². The number of morpholine rings is 1. The number of rotatable bonds is 45. The third-order valence-electron chi connectivity index (χ3n) is 14.0. The van der Waals surface area contributed by atoms with Crippen LogP contribution < -0.4 is 5.32 Å². The first-order valence-corrected chi connectivity index (χ1v) is 29.9. The number of aliphatic hydroxyl groups excluding tert-OH is 1. The van der Waals surface area contributed by atoms with Gasteiger partial charge in [0.2, 0.25) is 13.2 Å². The Kier molecular flexibility index (Phi) is 36.6. The fourth-order valence-corrected chi connectivity index (χ4v) is 10.2. The Morgan fingerprint density at radius 3 is 1.60 bits per heavy atom. The first-order valence-electron chi connectivity index (χ1n) is 28.8. The predicted molar refractivity (Wildman–Crippen MR) is 275 cm³/mol. The second kappa shape index (κ2) is 41.2. The molecule has 0 aliphatic carbocycles. The Morgan fingerprint density at radius 2 is 1.13 bits per heavy atom. The number of aliphatic hydroxyl groups is 1. The van der Waals surface area contributed by atoms with Crippen molar-refractivity contribution in [1.29, 1.82) is 1.43 Å². The Labute approximate surface area is 425 Å². The van der Waals surface area contributed by atoms with Gasteiger partial charge in [-0.25, -0.2) is 4.57 Å². The number of hydrogen-bond acceptors (Lipinski definition) is 12. The van der Waals surface area contributed by atoms with E-state index in [1.807, 2.05) is 0 Å². The van der Waals surface area contributed by atoms with Crippen molar-refractivity contribution in [2.24, 2.45) is 5.92 Å². The van der Waals surface area contributed by atoms with Gasteiger partial charge in [-0.05, 0) is 19.3 Å². The van der Waals surface area contributed by atoms with Crippen LogP contribution in [0, 0.1) is 5.92 Å². The predicted octanol–water partition coefficient (Wildman–Crippen LogP) is 11.4. The number of phosphoric acid groups is 1. The molecule has 2 aliphatic rings. The fourth-order valence-electron chi connectivity index (χ4n) is 9.62. The number of nitrogens with zero attached hydrogens (tertiary/aromatic N) is 1. The van der Waals surface area contributed by atoms with Crippen molar-refractivity contribution in [2.45, 2.75) is 276 Å². The molecule has 2 aliphatic heterocycles. The standard InChI is InChI=1S/C54H101N2O13P/c1-4-7-10-13-16-19-22-24-27-30-33-45(34-31-28-25-23-20-17-14-11-8-5-2)54(61)68-52-47(55-49(58)42-46(57)35-32-29-26-21-18-15-12-9-6-3)43-66-48(53(52)69-70(62,63)64)44-67-51(60)37-36-50(59)56-38-40-65-41-39-56/h45-48,52-53,57H,4-44H2,1-3H3,(H,55,58)(H2,62,63,64)/t46-,47+,48-,52-,53-/m1/s1/i/hD. The second-order valence-corrected chi connectivity index (χ2v) is 21.4. The molecular weight excluding hydrogens is 916 g/mol. The zero-order valence-corrected chi connectivity index (χ0v) is 45.1. The molecule has 410 valence electrons. The number of phosphoric ester groups is 1. The number of esters is 2. The lowest BCUT2D eigenvalue weighted by molar-refractivity contribution is -0.196. The summed E-state index contributed by atoms with van der Waals surface area (Å²) >= 11 is 0. The van der Waals surface area contributed by atoms with Gasteiger partial charge < -0.3 is 44.1 Å². The fraction of sp³-hybridized carbons (Fsp3) is 0.926. The molecule has 2 heterocycles. The average molecular weight is 1020 g/mol. The smallest absolute Gasteiger partial charge is 0.463 e. The molecule has 2 fully saturated rings. The Morgan fingerprint density at radius 1 is 0.671 bits per heavy atom. The van der Waals surface area contributed by atoms with Crippen molar-refractivity contribution in [3.05, 3.63) is 0 Å². The lowest BCUT2D eigenvalue weighted by atomic mass is 9.93. The SMILES string of the molecule is [2H]OP(=O)(O)O[C@H]1[C@H](OC(=O)C(CCCCCCCCCCCC)CCCCCCCCCCCC)[C@@H](NC(=O)C[C@H](O)CCCCCCCCCCC)CO[C@@H]1COC(=O)CCC(=O)N1CCOCC1. The lowest BCUT2D eigenvalue weighted by Gasteiger charge is -2.42. The number of hydrogen-bond donors (Lipinski definition) is 4. The highest BCUT2D eigenvalue weighted by molar-refractivity contribution is 7.46. The summed E-state index contributed by atoms with van der Waals surface area (Å²) in [6.07, 6.45) is 28.8. The van der Waals surface area contributed by atoms with Gasteiger partial charge in [-0.3, -0.25) is 23.7 Å². The van der Waals surface area contributed by atoms with E-state index in [0.717, 1.165) is 77.0 Å². The summed E-state index contributed by atoms with van der Waals surface area (Å²) in [5.74, 6) is -2.52. The van der Waals surface area contributed by atoms with Crippen LogP contribution in [0.15, 0.2) is 0 Å². The normalized spacial score (nSPS) is 19.9. The van der Waals surface area contributed by atoms with Gasteiger partial charge in [0.25, 0.3) is 0 Å². The molecule has 1 unspecified atom stereocenters. The van der Waals surface area contributed by atoms with Gasteiger partial charge in [-0.15, -0.1) is 0 Å². The molecule has 2 amide bonds. The van der Waals surface area contributed by atoms with Crippen LogP contribution in [-0.4, -0.2) is 115 Å². The van der Waals surface area contributed by atoms with E-state index in [2.05, 4.69) is 31.0 Å². The highest BCUT2D eigenvalue weighted by Crippen LogP contribution is 2.42. The van der Waals surface area contributed by atoms with Crippen molar-refractivity contribution in [2.75, 3.05) is 39.5 Å². The van der Waals surface area contributed by atoms with E-state index in [-0.39, 0.29) is 31.8 Å². The third-order valence-corrected chi connectivity index (χ3v) is 14.5. The molecule has 2 saturated heterocycles. The molecule has 2 rings (SSSR count). The van der Waals surface area contributed by atoms with Crippen LogP contribution in [0.5, 0.6) is 0 Å². The molecule has 0 radical (unpaired) electrons. The summed E-state index contributed by atoms with van der Waals surface area (Å²) in [5.41, 5.74) is 0. The Hall–Kier alpha value is -2.13. The molecule has 0 bridgehead atoms. The topological polar surface area (TPSA) is 207 Å². The van der Waals surface area contributed by atoms with Crippen molar-refractivity contribution in [1.82, 2.24) is 10.2 Å². The molecule has 0 saturated carbocycles. The van der Waals surface area contributed by atoms with Crippen LogP contribution in [0.3, 0.4) is 0 Å².